The van der Waals surface area contributed by atoms with Gasteiger partial charge in [-0.25, -0.2) is 9.59 Å². The standard InChI is InChI=1S/C50H76N4O14.C47H72N4O14S/c1-16-36-50(11)42(54(47(59)67-50)51-25-34-31(7)52-68-41(34)33-20-18-17-19-21-33)28(4)38(55)26(2)23-49(10,61-15)44(66-46-39(56)35(53(12)13)22-27(3)62-46)29(5)40(30(6)45(58)64-36)65-37-24-48(9,60-14)43(57)32(8)63-37;1-15-34-47(10)39(51(44(56)64-47)48-23-30-20-32(65-49-30)33-17-16-18-66-33)26(4)36(52)24(2)21-46(9,58-14)41(63-43-37(53)31(50(11)12)19-25(3)59-43)27(5)38(28(6)42(55)61-34)62-35-22-45(8,57-13)40(54)29(7)60-35/h17-21,25-30,32,35-37,39-40,42-44,46,56-57H,16,22-24H2,1-15H3;16-18,20,23-29,31,34-35,37-41,43,53-54H,15,19,21-22H2,1-14H3/b51-25+;48-23+/t26-,27?,28+,29+,30-,32?,35?,36-,37?,39?,40?,42-,43?,44-,46?,48?,49-,50-;24-,25?,26+,27+,28-,29?,31?,34-,35?,37?,38?,39-,40?,41-,43?,45?,46-,47-/m11/s1. The maximum absolute atomic E-state index is 15.1. The first-order valence-electron chi connectivity index (χ1n) is 47.1. The molecular formula is C97H148N8O28S. The molecule has 18 unspecified atom stereocenters. The van der Waals surface area contributed by atoms with E-state index in [9.17, 15) is 39.6 Å². The van der Waals surface area contributed by atoms with Gasteiger partial charge in [-0.1, -0.05) is 102 Å². The Hall–Kier alpha value is -7.22. The first-order valence-corrected chi connectivity index (χ1v) is 48.0. The molecule has 8 aliphatic heterocycles. The molecule has 36 nitrogen and oxygen atoms in total. The van der Waals surface area contributed by atoms with E-state index in [-0.39, 0.29) is 74.4 Å². The van der Waals surface area contributed by atoms with Crippen LogP contribution in [0.25, 0.3) is 22.0 Å². The van der Waals surface area contributed by atoms with Crippen molar-refractivity contribution in [1.29, 1.82) is 0 Å². The molecule has 4 N–H and O–H groups in total. The van der Waals surface area contributed by atoms with Crippen molar-refractivity contribution < 1.29 is 134 Å². The quantitative estimate of drug-likeness (QED) is 0.0322. The molecule has 8 fully saturated rings. The lowest BCUT2D eigenvalue weighted by molar-refractivity contribution is -0.319. The number of hydrogen-bond donors (Lipinski definition) is 4. The summed E-state index contributed by atoms with van der Waals surface area (Å²) < 4.78 is 114. The molecule has 36 atom stereocenters. The molecule has 3 aromatic heterocycles. The van der Waals surface area contributed by atoms with Crippen molar-refractivity contribution in [1.82, 2.24) is 30.1 Å². The Bertz CT molecular complexity index is 4660. The van der Waals surface area contributed by atoms with Gasteiger partial charge < -0.3 is 115 Å². The molecule has 0 spiro atoms. The summed E-state index contributed by atoms with van der Waals surface area (Å²) in [6, 6.07) is 12.1. The topological polar surface area (TPSA) is 421 Å². The third kappa shape index (κ3) is 22.2. The van der Waals surface area contributed by atoms with Gasteiger partial charge in [0.2, 0.25) is 0 Å². The number of carbonyl (C=O) groups is 6. The normalized spacial score (nSPS) is 41.6. The van der Waals surface area contributed by atoms with Gasteiger partial charge in [0, 0.05) is 101 Å². The van der Waals surface area contributed by atoms with Crippen molar-refractivity contribution >= 4 is 59.5 Å². The van der Waals surface area contributed by atoms with E-state index in [4.69, 9.17) is 89.9 Å². The van der Waals surface area contributed by atoms with Crippen molar-refractivity contribution in [3.8, 4) is 22.0 Å². The molecule has 2 amide bonds. The van der Waals surface area contributed by atoms with E-state index in [1.54, 1.807) is 103 Å². The maximum Gasteiger partial charge on any atom is 0.431 e. The lowest BCUT2D eigenvalue weighted by Gasteiger charge is -2.50. The molecule has 0 bridgehead atoms. The molecule has 8 saturated heterocycles. The van der Waals surface area contributed by atoms with E-state index in [2.05, 4.69) is 15.4 Å². The van der Waals surface area contributed by atoms with Crippen LogP contribution in [0.4, 0.5) is 9.59 Å². The van der Waals surface area contributed by atoms with Gasteiger partial charge in [-0.15, -0.1) is 11.3 Å². The number of thiophene rings is 1. The Balaban J connectivity index is 0.000000258. The van der Waals surface area contributed by atoms with Crippen LogP contribution in [0.3, 0.4) is 0 Å². The number of benzene rings is 1. The van der Waals surface area contributed by atoms with Gasteiger partial charge in [0.1, 0.15) is 66.0 Å². The van der Waals surface area contributed by atoms with Crippen LogP contribution >= 0.6 is 11.3 Å². The number of carbonyl (C=O) groups excluding carboxylic acids is 6. The van der Waals surface area contributed by atoms with Gasteiger partial charge >= 0.3 is 24.1 Å². The van der Waals surface area contributed by atoms with Crippen LogP contribution in [0.15, 0.2) is 73.2 Å². The Morgan fingerprint density at radius 3 is 1.33 bits per heavy atom. The SMILES string of the molecule is CC[C@H]1OC(=O)[C@H](C)C(OC2CC(C)(OC)C(O)C(C)O2)[C@H](C)[C@@H](OC2OC(C)CC(N(C)C)C2O)[C@](C)(OC)C[C@@H](C)C(=O)[C@H](C)[C@H]2N(/N=C/c3c(C)noc3-c3ccccc3)C(=O)O[C@]12C.CC[C@H]1OC(=O)[C@H](C)C(OC2CC(C)(OC)C(O)C(C)O2)[C@H](C)[C@@H](OC2OC(C)CC(N(C)C)C2O)[C@](C)(OC)C[C@@H](C)C(=O)[C@H](C)[C@H]2N(/N=C/c3cc(-c4cccs4)on3)C(=O)O[C@]12C. The highest BCUT2D eigenvalue weighted by Gasteiger charge is 2.65. The number of rotatable bonds is 22. The lowest BCUT2D eigenvalue weighted by atomic mass is 9.73. The average Bonchev–Trinajstić information content (AvgIpc) is 1.62. The van der Waals surface area contributed by atoms with E-state index < -0.39 is 216 Å². The van der Waals surface area contributed by atoms with E-state index in [0.29, 0.717) is 41.3 Å². The maximum atomic E-state index is 15.1. The van der Waals surface area contributed by atoms with Gasteiger partial charge in [-0.05, 0) is 168 Å². The number of ether oxygens (including phenoxy) is 16. The molecular weight excluding hydrogens is 1760 g/mol. The summed E-state index contributed by atoms with van der Waals surface area (Å²) in [6.45, 7) is 37.3. The fourth-order valence-electron chi connectivity index (χ4n) is 21.7. The smallest absolute Gasteiger partial charge is 0.431 e. The summed E-state index contributed by atoms with van der Waals surface area (Å²) >= 11 is 1.48. The number of likely N-dealkylation sites (N-methyl/N-ethyl adjacent to an activating group) is 2. The number of aliphatic hydroxyl groups is 4. The number of aliphatic hydroxyl groups excluding tert-OH is 4. The Morgan fingerprint density at radius 1 is 0.522 bits per heavy atom. The molecule has 0 radical (unpaired) electrons. The second-order valence-corrected chi connectivity index (χ2v) is 41.0. The van der Waals surface area contributed by atoms with Gasteiger partial charge in [-0.3, -0.25) is 19.2 Å². The van der Waals surface area contributed by atoms with Crippen LogP contribution in [-0.2, 0) is 95.0 Å². The largest absolute Gasteiger partial charge is 0.458 e. The Kier molecular flexibility index (Phi) is 34.9. The van der Waals surface area contributed by atoms with E-state index in [0.717, 1.165) is 20.5 Å². The highest BCUT2D eigenvalue weighted by atomic mass is 32.1. The molecule has 37 heteroatoms. The van der Waals surface area contributed by atoms with E-state index in [1.165, 1.54) is 52.2 Å². The minimum absolute atomic E-state index is 0.0899. The highest BCUT2D eigenvalue weighted by molar-refractivity contribution is 7.13. The number of fused-ring (bicyclic) bond motifs is 2. The molecule has 0 aliphatic carbocycles. The minimum atomic E-state index is -1.59. The number of aryl methyl sites for hydroxylation is 1. The molecule has 12 rings (SSSR count). The predicted molar refractivity (Wildman–Crippen MR) is 492 cm³/mol. The molecule has 1 aromatic carbocycles. The van der Waals surface area contributed by atoms with Gasteiger partial charge in [-0.2, -0.15) is 20.2 Å². The van der Waals surface area contributed by atoms with E-state index in [1.807, 2.05) is 134 Å². The average molecular weight is 1910 g/mol. The van der Waals surface area contributed by atoms with Gasteiger partial charge in [0.05, 0.1) is 112 Å². The number of amides is 2. The summed E-state index contributed by atoms with van der Waals surface area (Å²) in [7, 11) is 13.6. The van der Waals surface area contributed by atoms with E-state index >= 15 is 9.59 Å². The molecule has 750 valence electrons. The summed E-state index contributed by atoms with van der Waals surface area (Å²) in [5, 5.41) is 67.6. The van der Waals surface area contributed by atoms with Crippen molar-refractivity contribution in [2.24, 2.45) is 57.5 Å². The first-order chi connectivity index (χ1) is 63.0. The van der Waals surface area contributed by atoms with Crippen LogP contribution in [0, 0.1) is 54.3 Å². The Morgan fingerprint density at radius 2 is 0.940 bits per heavy atom. The number of methoxy groups -OCH3 is 4. The molecule has 8 aliphatic rings. The summed E-state index contributed by atoms with van der Waals surface area (Å²) in [5.74, 6) is -7.78. The lowest BCUT2D eigenvalue weighted by Crippen LogP contribution is -2.61. The van der Waals surface area contributed by atoms with Gasteiger partial charge in [0.15, 0.2) is 47.9 Å². The summed E-state index contributed by atoms with van der Waals surface area (Å²) in [4.78, 5) is 93.0. The molecule has 0 saturated carbocycles. The summed E-state index contributed by atoms with van der Waals surface area (Å²) in [6.07, 6.45) is -13.6. The minimum Gasteiger partial charge on any atom is -0.458 e. The Labute approximate surface area is 791 Å². The third-order valence-electron chi connectivity index (χ3n) is 29.9. The van der Waals surface area contributed by atoms with Crippen molar-refractivity contribution in [2.75, 3.05) is 56.6 Å². The number of hydrogen-bond acceptors (Lipinski definition) is 35. The van der Waals surface area contributed by atoms with Crippen molar-refractivity contribution in [3.63, 3.8) is 0 Å². The van der Waals surface area contributed by atoms with Crippen molar-refractivity contribution in [3.05, 3.63) is 70.9 Å². The third-order valence-corrected chi connectivity index (χ3v) is 30.8. The number of aromatic nitrogens is 2. The number of ketones is 2. The fourth-order valence-corrected chi connectivity index (χ4v) is 22.4. The van der Waals surface area contributed by atoms with Crippen LogP contribution < -0.4 is 0 Å². The van der Waals surface area contributed by atoms with Crippen LogP contribution in [0.5, 0.6) is 0 Å². The monoisotopic (exact) mass is 1910 g/mol. The first kappa shape index (κ1) is 107. The van der Waals surface area contributed by atoms with Gasteiger partial charge in [0.25, 0.3) is 0 Å². The zero-order valence-electron chi connectivity index (χ0n) is 83.4. The molecule has 134 heavy (non-hydrogen) atoms. The molecule has 11 heterocycles. The summed E-state index contributed by atoms with van der Waals surface area (Å²) in [5.41, 5.74) is -5.78. The second kappa shape index (κ2) is 43.7. The van der Waals surface area contributed by atoms with Crippen LogP contribution in [-0.4, -0.2) is 324 Å². The van der Waals surface area contributed by atoms with Crippen LogP contribution in [0.1, 0.15) is 207 Å². The number of cyclic esters (lactones) is 2. The number of nitrogens with zero attached hydrogens (tertiary/aromatic N) is 8. The number of esters is 2. The van der Waals surface area contributed by atoms with Crippen molar-refractivity contribution in [2.45, 2.75) is 365 Å². The number of hydrazone groups is 2. The van der Waals surface area contributed by atoms with Crippen LogP contribution in [0.2, 0.25) is 0 Å². The zero-order valence-corrected chi connectivity index (χ0v) is 84.2. The predicted octanol–water partition coefficient (Wildman–Crippen LogP) is 11.6. The molecule has 4 aromatic rings. The zero-order chi connectivity index (χ0) is 98.8. The number of Topliss-reactive ketones (excluding diaryl/α,β-unsaturated/α-hetero) is 2. The fraction of sp³-hybridized carbons (Fsp3) is 0.753. The highest BCUT2D eigenvalue weighted by Crippen LogP contribution is 2.50. The second-order valence-electron chi connectivity index (χ2n) is 40.1.